The van der Waals surface area contributed by atoms with E-state index in [0.717, 1.165) is 25.8 Å². The van der Waals surface area contributed by atoms with E-state index in [-0.39, 0.29) is 22.6 Å². The number of nitrogens with one attached hydrogen (secondary N) is 3. The minimum absolute atomic E-state index is 0.183. The number of rotatable bonds is 0. The summed E-state index contributed by atoms with van der Waals surface area (Å²) in [5.41, 5.74) is 4.32. The molecule has 0 spiro atoms. The quantitative estimate of drug-likeness (QED) is 0.0511. The maximum atomic E-state index is 10.7. The van der Waals surface area contributed by atoms with Gasteiger partial charge in [-0.15, -0.1) is 10.2 Å². The van der Waals surface area contributed by atoms with Crippen molar-refractivity contribution >= 4 is 41.2 Å². The van der Waals surface area contributed by atoms with Crippen LogP contribution in [0.3, 0.4) is 0 Å². The van der Waals surface area contributed by atoms with Gasteiger partial charge in [-0.3, -0.25) is 38.9 Å². The molecule has 25 nitrogen and oxygen atoms in total. The van der Waals surface area contributed by atoms with E-state index in [1.54, 1.807) is 20.8 Å². The van der Waals surface area contributed by atoms with E-state index in [0.29, 0.717) is 23.4 Å². The van der Waals surface area contributed by atoms with Crippen LogP contribution >= 0.6 is 15.1 Å². The molecule has 1 unspecified atom stereocenters. The number of aryl methyl sites for hydroxylation is 3. The van der Waals surface area contributed by atoms with Crippen LogP contribution in [-0.2, 0) is 34.1 Å². The lowest BCUT2D eigenvalue weighted by Crippen LogP contribution is -2.11. The Labute approximate surface area is 273 Å². The highest BCUT2D eigenvalue weighted by Gasteiger charge is 1.97. The molecular weight excluding hydrogens is 736 g/mol. The molecule has 0 aliphatic heterocycles. The Balaban J connectivity index is -0.000000148. The third-order valence-electron chi connectivity index (χ3n) is 2.35. The second-order valence-corrected chi connectivity index (χ2v) is 14.9. The highest BCUT2D eigenvalue weighted by atomic mass is 32.2. The number of sulfonamides is 1. The molecule has 0 aliphatic rings. The molecule has 29 heteroatoms. The van der Waals surface area contributed by atoms with Gasteiger partial charge in [0.15, 0.2) is 17.8 Å². The maximum Gasteiger partial charge on any atom is 0.322 e. The first-order valence-electron chi connectivity index (χ1n) is 11.5. The number of aromatic hydroxyl groups is 1. The van der Waals surface area contributed by atoms with Gasteiger partial charge in [-0.25, -0.2) is 13.6 Å². The number of amides is 1. The van der Waals surface area contributed by atoms with Crippen molar-refractivity contribution < 1.29 is 64.0 Å². The fraction of sp³-hybridized carbons (Fsp3) is 0.421. The van der Waals surface area contributed by atoms with Gasteiger partial charge < -0.3 is 28.7 Å². The van der Waals surface area contributed by atoms with Crippen LogP contribution < -0.4 is 26.9 Å². The second kappa shape index (κ2) is 26.9. The molecule has 0 aliphatic carbocycles. The molecule has 12 N–H and O–H groups in total. The minimum Gasteiger partial charge on any atom is -0.502 e. The van der Waals surface area contributed by atoms with Crippen LogP contribution in [0.5, 0.6) is 5.75 Å². The van der Waals surface area contributed by atoms with Gasteiger partial charge in [0.25, 0.3) is 23.2 Å². The first kappa shape index (κ1) is 53.4. The average molecular weight is 776 g/mol. The van der Waals surface area contributed by atoms with Gasteiger partial charge in [0, 0.05) is 31.9 Å². The molecule has 0 saturated heterocycles. The molecule has 278 valence electrons. The Bertz CT molecular complexity index is 1670. The Morgan fingerprint density at radius 3 is 1.58 bits per heavy atom. The van der Waals surface area contributed by atoms with E-state index >= 15 is 0 Å². The summed E-state index contributed by atoms with van der Waals surface area (Å²) < 4.78 is 72.7. The molecule has 1 atom stereocenters. The predicted octanol–water partition coefficient (Wildman–Crippen LogP) is -2.00. The number of nitrogens with two attached hydrogens (primary N) is 2. The van der Waals surface area contributed by atoms with Crippen LogP contribution in [0.1, 0.15) is 24.1 Å². The Morgan fingerprint density at radius 2 is 1.46 bits per heavy atom. The first-order valence-corrected chi connectivity index (χ1v) is 19.5. The number of carbonyl (C=O) groups is 1. The maximum absolute atomic E-state index is 10.7. The number of hydrogen-bond donors (Lipinski definition) is 10. The third-order valence-corrected chi connectivity index (χ3v) is 2.35. The van der Waals surface area contributed by atoms with Crippen molar-refractivity contribution in [3.8, 4) is 11.9 Å². The van der Waals surface area contributed by atoms with Gasteiger partial charge >= 0.3 is 7.60 Å². The number of hydrogen-bond acceptors (Lipinski definition) is 16. The monoisotopic (exact) mass is 775 g/mol. The van der Waals surface area contributed by atoms with Gasteiger partial charge in [0.1, 0.15) is 12.0 Å². The lowest BCUT2D eigenvalue weighted by Gasteiger charge is -1.88. The van der Waals surface area contributed by atoms with Gasteiger partial charge in [0.05, 0.1) is 18.8 Å². The zero-order valence-electron chi connectivity index (χ0n) is 26.6. The second-order valence-electron chi connectivity index (χ2n) is 8.19. The van der Waals surface area contributed by atoms with Crippen LogP contribution in [0.2, 0.25) is 0 Å². The third kappa shape index (κ3) is 83.9. The summed E-state index contributed by atoms with van der Waals surface area (Å²) in [4.78, 5) is 53.6. The smallest absolute Gasteiger partial charge is 0.322 e. The zero-order valence-corrected chi connectivity index (χ0v) is 30.0. The van der Waals surface area contributed by atoms with Crippen LogP contribution in [0, 0.1) is 32.2 Å². The number of H-pyrrole nitrogens is 2. The normalized spacial score (nSPS) is 10.9. The Morgan fingerprint density at radius 1 is 1.06 bits per heavy atom. The topological polar surface area (TPSA) is 439 Å². The summed E-state index contributed by atoms with van der Waals surface area (Å²) >= 11 is 0. The first-order chi connectivity index (χ1) is 21.2. The number of carbonyl (C=O) groups excluding carboxylic acids is 1. The van der Waals surface area contributed by atoms with E-state index < -0.39 is 35.3 Å². The molecule has 3 aromatic rings. The molecule has 0 saturated carbocycles. The van der Waals surface area contributed by atoms with E-state index in [2.05, 4.69) is 45.4 Å². The van der Waals surface area contributed by atoms with Gasteiger partial charge in [0.2, 0.25) is 21.4 Å². The summed E-state index contributed by atoms with van der Waals surface area (Å²) in [7, 11) is -13.6. The van der Waals surface area contributed by atoms with Gasteiger partial charge in [-0.2, -0.15) is 24.0 Å². The average Bonchev–Trinajstić information content (AvgIpc) is 3.44. The van der Waals surface area contributed by atoms with Crippen molar-refractivity contribution in [1.29, 1.82) is 5.26 Å². The standard InChI is InChI=1S/C6H6O3.C4H5NO2.C3H4N2O.C2H4N4.CH6NO2P.CH5NO2S.CH5O3P.CH4O3S/c1-4-2-9-3-5(7)6(4)8;1-3-2-4(6)5-7-3;1-3(6)5-2-4;1-2-3-5-6-4-2;4*1-5(2,3)4/h2-3,7H,1H3;2H,1H3,(H,5,6);1H3,(H,5,6);1H3,(H,3,4,5,6);1H3,(H3,2,3,4);2*1H3,(H2,2,3,4);1H3,(H,2,3,4). The van der Waals surface area contributed by atoms with Gasteiger partial charge in [-0.1, -0.05) is 5.21 Å². The molecule has 3 rings (SSSR count). The van der Waals surface area contributed by atoms with Crippen molar-refractivity contribution in [2.45, 2.75) is 27.7 Å². The molecular formula is C19H39N9O16P2S2. The van der Waals surface area contributed by atoms with Crippen LogP contribution in [0.4, 0.5) is 0 Å². The van der Waals surface area contributed by atoms with Crippen molar-refractivity contribution in [2.24, 2.45) is 10.6 Å². The van der Waals surface area contributed by atoms with Crippen molar-refractivity contribution in [3.05, 3.63) is 56.3 Å². The van der Waals surface area contributed by atoms with E-state index in [1.165, 1.54) is 25.4 Å². The largest absolute Gasteiger partial charge is 0.502 e. The molecule has 0 bridgehead atoms. The molecule has 3 heterocycles. The fourth-order valence-electron chi connectivity index (χ4n) is 1.17. The predicted molar refractivity (Wildman–Crippen MR) is 168 cm³/mol. The molecule has 0 fully saturated rings. The molecule has 0 radical (unpaired) electrons. The molecule has 48 heavy (non-hydrogen) atoms. The summed E-state index contributed by atoms with van der Waals surface area (Å²) in [6.07, 6.45) is 5.42. The Kier molecular flexibility index (Phi) is 30.0. The zero-order chi connectivity index (χ0) is 39.5. The van der Waals surface area contributed by atoms with Crippen molar-refractivity contribution in [2.75, 3.05) is 25.8 Å². The van der Waals surface area contributed by atoms with E-state index in [4.69, 9.17) is 29.6 Å². The molecule has 1 amide bonds. The van der Waals surface area contributed by atoms with E-state index in [9.17, 15) is 40.3 Å². The highest BCUT2D eigenvalue weighted by Crippen LogP contribution is 2.26. The lowest BCUT2D eigenvalue weighted by atomic mass is 10.3. The Hall–Kier alpha value is -4.09. The molecule has 0 aromatic carbocycles. The number of nitrogens with zero attached hydrogens (tertiary/aromatic N) is 4. The minimum atomic E-state index is -3.67. The highest BCUT2D eigenvalue weighted by molar-refractivity contribution is 7.88. The number of tetrazole rings is 1. The van der Waals surface area contributed by atoms with Crippen molar-refractivity contribution in [3.63, 3.8) is 0 Å². The number of nitriles is 1. The number of aromatic amines is 2. The summed E-state index contributed by atoms with van der Waals surface area (Å²) in [6, 6.07) is 1.39. The summed E-state index contributed by atoms with van der Waals surface area (Å²) in [5, 5.41) is 37.4. The van der Waals surface area contributed by atoms with Gasteiger partial charge in [-0.05, 0) is 20.8 Å². The SMILES string of the molecule is CC(=O)NC#N.CP(=O)(O)O.CP(N)(=O)O.CS(=O)(=O)O.CS(N)(=O)=O.Cc1cc(=O)[nH]o1.Cc1cocc(O)c1=O.Cc1nn[nH]n1. The van der Waals surface area contributed by atoms with Crippen LogP contribution in [0.25, 0.3) is 0 Å². The van der Waals surface area contributed by atoms with Crippen LogP contribution in [0.15, 0.2) is 37.1 Å². The number of aromatic nitrogens is 5. The lowest BCUT2D eigenvalue weighted by molar-refractivity contribution is -0.117. The number of primary sulfonamides is 1. The van der Waals surface area contributed by atoms with Crippen molar-refractivity contribution in [1.82, 2.24) is 31.1 Å². The summed E-state index contributed by atoms with van der Waals surface area (Å²) in [5.74, 6) is 0.632. The fourth-order valence-corrected chi connectivity index (χ4v) is 1.17. The molecule has 3 aromatic heterocycles. The van der Waals surface area contributed by atoms with E-state index in [1.807, 2.05) is 5.32 Å². The van der Waals surface area contributed by atoms with Crippen LogP contribution in [-0.4, -0.2) is 98.7 Å². The summed E-state index contributed by atoms with van der Waals surface area (Å²) in [6.45, 7) is 8.26.